The van der Waals surface area contributed by atoms with Crippen molar-refractivity contribution < 1.29 is 0 Å². The van der Waals surface area contributed by atoms with Crippen LogP contribution in [0.2, 0.25) is 0 Å². The second-order valence-corrected chi connectivity index (χ2v) is 4.65. The van der Waals surface area contributed by atoms with E-state index in [4.69, 9.17) is 0 Å². The van der Waals surface area contributed by atoms with Crippen molar-refractivity contribution >= 4 is 0 Å². The maximum absolute atomic E-state index is 4.41. The molecule has 1 heterocycles. The molecule has 12 heavy (non-hydrogen) atoms. The lowest BCUT2D eigenvalue weighted by molar-refractivity contribution is 0.321. The number of hydrogen-bond donors (Lipinski definition) is 0. The molecule has 68 valence electrons. The van der Waals surface area contributed by atoms with Gasteiger partial charge in [0.15, 0.2) is 0 Å². The highest BCUT2D eigenvalue weighted by Crippen LogP contribution is 2.17. The van der Waals surface area contributed by atoms with E-state index in [-0.39, 0.29) is 0 Å². The lowest BCUT2D eigenvalue weighted by Crippen LogP contribution is -2.17. The quantitative estimate of drug-likeness (QED) is 0.627. The van der Waals surface area contributed by atoms with Crippen molar-refractivity contribution in [1.82, 2.24) is 9.78 Å². The molecule has 0 spiro atoms. The summed E-state index contributed by atoms with van der Waals surface area (Å²) in [5, 5.41) is 4.41. The molecule has 0 N–H and O–H groups in total. The van der Waals surface area contributed by atoms with Crippen molar-refractivity contribution in [2.45, 2.75) is 41.2 Å². The van der Waals surface area contributed by atoms with Gasteiger partial charge in [-0.1, -0.05) is 20.8 Å². The van der Waals surface area contributed by atoms with Gasteiger partial charge in [0.25, 0.3) is 0 Å². The highest BCUT2D eigenvalue weighted by Gasteiger charge is 2.12. The molecule has 0 radical (unpaired) electrons. The van der Waals surface area contributed by atoms with Gasteiger partial charge in [-0.25, -0.2) is 0 Å². The largest absolute Gasteiger partial charge is 0.269 e. The molecule has 1 aromatic heterocycles. The van der Waals surface area contributed by atoms with Crippen LogP contribution in [0.15, 0.2) is 6.07 Å². The van der Waals surface area contributed by atoms with E-state index in [2.05, 4.69) is 43.5 Å². The van der Waals surface area contributed by atoms with E-state index >= 15 is 0 Å². The van der Waals surface area contributed by atoms with Crippen LogP contribution in [0, 0.1) is 19.3 Å². The van der Waals surface area contributed by atoms with Gasteiger partial charge in [0, 0.05) is 12.2 Å². The summed E-state index contributed by atoms with van der Waals surface area (Å²) in [6, 6.07) is 2.12. The van der Waals surface area contributed by atoms with E-state index in [0.717, 1.165) is 12.2 Å². The van der Waals surface area contributed by atoms with Crippen LogP contribution in [0.1, 0.15) is 32.2 Å². The van der Waals surface area contributed by atoms with Crippen LogP contribution in [0.3, 0.4) is 0 Å². The third-order valence-electron chi connectivity index (χ3n) is 1.73. The van der Waals surface area contributed by atoms with Crippen molar-refractivity contribution in [1.29, 1.82) is 0 Å². The molecule has 0 aromatic carbocycles. The summed E-state index contributed by atoms with van der Waals surface area (Å²) >= 11 is 0. The summed E-state index contributed by atoms with van der Waals surface area (Å²) in [6.07, 6.45) is 0. The topological polar surface area (TPSA) is 17.8 Å². The van der Waals surface area contributed by atoms with Crippen molar-refractivity contribution in [3.8, 4) is 0 Å². The number of hydrogen-bond acceptors (Lipinski definition) is 1. The highest BCUT2D eigenvalue weighted by atomic mass is 15.3. The Morgan fingerprint density at radius 2 is 1.92 bits per heavy atom. The zero-order valence-corrected chi connectivity index (χ0v) is 8.68. The lowest BCUT2D eigenvalue weighted by Gasteiger charge is -2.18. The molecule has 0 saturated carbocycles. The number of aromatic nitrogens is 2. The Labute approximate surface area is 74.6 Å². The molecule has 1 aromatic rings. The van der Waals surface area contributed by atoms with Gasteiger partial charge in [-0.2, -0.15) is 5.10 Å². The maximum Gasteiger partial charge on any atom is 0.0596 e. The first kappa shape index (κ1) is 9.30. The van der Waals surface area contributed by atoms with Crippen LogP contribution < -0.4 is 0 Å². The molecule has 0 aliphatic heterocycles. The van der Waals surface area contributed by atoms with E-state index in [1.165, 1.54) is 5.69 Å². The first-order valence-electron chi connectivity index (χ1n) is 4.39. The molecule has 0 bridgehead atoms. The summed E-state index contributed by atoms with van der Waals surface area (Å²) in [4.78, 5) is 0. The van der Waals surface area contributed by atoms with Gasteiger partial charge in [0.2, 0.25) is 0 Å². The number of aryl methyl sites for hydroxylation is 2. The molecule has 1 rings (SSSR count). The van der Waals surface area contributed by atoms with Gasteiger partial charge >= 0.3 is 0 Å². The molecule has 0 aliphatic rings. The van der Waals surface area contributed by atoms with Crippen molar-refractivity contribution in [3.05, 3.63) is 17.5 Å². The van der Waals surface area contributed by atoms with Crippen LogP contribution in [-0.2, 0) is 6.54 Å². The zero-order chi connectivity index (χ0) is 9.35. The normalized spacial score (nSPS) is 12.1. The third kappa shape index (κ3) is 2.36. The highest BCUT2D eigenvalue weighted by molar-refractivity contribution is 5.06. The second-order valence-electron chi connectivity index (χ2n) is 4.65. The summed E-state index contributed by atoms with van der Waals surface area (Å²) in [6.45, 7) is 11.8. The summed E-state index contributed by atoms with van der Waals surface area (Å²) in [5.41, 5.74) is 2.67. The first-order chi connectivity index (χ1) is 5.38. The predicted molar refractivity (Wildman–Crippen MR) is 51.2 cm³/mol. The van der Waals surface area contributed by atoms with E-state index in [1.54, 1.807) is 0 Å². The SMILES string of the molecule is Cc1cc(C)n(CC(C)(C)C)n1. The molecule has 2 heteroatoms. The molecule has 0 saturated heterocycles. The minimum absolute atomic E-state index is 0.309. The Hall–Kier alpha value is -0.790. The van der Waals surface area contributed by atoms with Crippen LogP contribution in [-0.4, -0.2) is 9.78 Å². The van der Waals surface area contributed by atoms with E-state index in [9.17, 15) is 0 Å². The van der Waals surface area contributed by atoms with Gasteiger partial charge in [-0.3, -0.25) is 4.68 Å². The van der Waals surface area contributed by atoms with E-state index in [1.807, 2.05) is 6.92 Å². The summed E-state index contributed by atoms with van der Waals surface area (Å²) < 4.78 is 2.08. The van der Waals surface area contributed by atoms with E-state index < -0.39 is 0 Å². The maximum atomic E-state index is 4.41. The summed E-state index contributed by atoms with van der Waals surface area (Å²) in [5.74, 6) is 0. The van der Waals surface area contributed by atoms with Gasteiger partial charge in [0.05, 0.1) is 5.69 Å². The zero-order valence-electron chi connectivity index (χ0n) is 8.68. The monoisotopic (exact) mass is 166 g/mol. The minimum atomic E-state index is 0.309. The summed E-state index contributed by atoms with van der Waals surface area (Å²) in [7, 11) is 0. The Balaban J connectivity index is 2.82. The Kier molecular flexibility index (Phi) is 2.27. The molecule has 2 nitrogen and oxygen atoms in total. The van der Waals surface area contributed by atoms with Gasteiger partial charge in [0.1, 0.15) is 0 Å². The average molecular weight is 166 g/mol. The van der Waals surface area contributed by atoms with Crippen LogP contribution in [0.4, 0.5) is 0 Å². The fourth-order valence-electron chi connectivity index (χ4n) is 1.28. The van der Waals surface area contributed by atoms with E-state index in [0.29, 0.717) is 5.41 Å². The second kappa shape index (κ2) is 2.92. The predicted octanol–water partition coefficient (Wildman–Crippen LogP) is 2.55. The van der Waals surface area contributed by atoms with Gasteiger partial charge < -0.3 is 0 Å². The molecular weight excluding hydrogens is 148 g/mol. The fourth-order valence-corrected chi connectivity index (χ4v) is 1.28. The van der Waals surface area contributed by atoms with Crippen LogP contribution in [0.25, 0.3) is 0 Å². The Morgan fingerprint density at radius 1 is 1.33 bits per heavy atom. The Morgan fingerprint density at radius 3 is 2.25 bits per heavy atom. The third-order valence-corrected chi connectivity index (χ3v) is 1.73. The standard InChI is InChI=1S/C10H18N2/c1-8-6-9(2)12(11-8)7-10(3,4)5/h6H,7H2,1-5H3. The smallest absolute Gasteiger partial charge is 0.0596 e. The lowest BCUT2D eigenvalue weighted by atomic mass is 9.97. The van der Waals surface area contributed by atoms with Crippen LogP contribution >= 0.6 is 0 Å². The van der Waals surface area contributed by atoms with Crippen LogP contribution in [0.5, 0.6) is 0 Å². The fraction of sp³-hybridized carbons (Fsp3) is 0.700. The van der Waals surface area contributed by atoms with Gasteiger partial charge in [-0.15, -0.1) is 0 Å². The first-order valence-corrected chi connectivity index (χ1v) is 4.39. The molecule has 0 unspecified atom stereocenters. The molecule has 0 amide bonds. The number of rotatable bonds is 1. The molecule has 0 atom stereocenters. The van der Waals surface area contributed by atoms with Crippen molar-refractivity contribution in [2.24, 2.45) is 5.41 Å². The number of nitrogens with zero attached hydrogens (tertiary/aromatic N) is 2. The molecule has 0 fully saturated rings. The van der Waals surface area contributed by atoms with Crippen molar-refractivity contribution in [2.75, 3.05) is 0 Å². The molecular formula is C10H18N2. The Bertz CT molecular complexity index is 266. The van der Waals surface area contributed by atoms with Crippen molar-refractivity contribution in [3.63, 3.8) is 0 Å². The average Bonchev–Trinajstić information content (AvgIpc) is 2.06. The molecule has 0 aliphatic carbocycles. The minimum Gasteiger partial charge on any atom is -0.269 e. The van der Waals surface area contributed by atoms with Gasteiger partial charge in [-0.05, 0) is 25.3 Å².